The summed E-state index contributed by atoms with van der Waals surface area (Å²) >= 11 is 5.48. The van der Waals surface area contributed by atoms with Crippen molar-refractivity contribution in [1.29, 1.82) is 10.8 Å². The van der Waals surface area contributed by atoms with E-state index in [4.69, 9.17) is 27.5 Å². The van der Waals surface area contributed by atoms with Crippen molar-refractivity contribution in [1.82, 2.24) is 0 Å². The van der Waals surface area contributed by atoms with Gasteiger partial charge in [-0.1, -0.05) is 17.7 Å². The van der Waals surface area contributed by atoms with Crippen molar-refractivity contribution in [2.24, 2.45) is 0 Å². The van der Waals surface area contributed by atoms with Crippen molar-refractivity contribution in [2.45, 2.75) is 0 Å². The van der Waals surface area contributed by atoms with Gasteiger partial charge in [-0.3, -0.25) is 0 Å². The first kappa shape index (κ1) is 8.73. The van der Waals surface area contributed by atoms with E-state index in [2.05, 4.69) is 0 Å². The number of hydrogen-bond donors (Lipinski definition) is 1. The van der Waals surface area contributed by atoms with Gasteiger partial charge in [0.25, 0.3) is 0 Å². The van der Waals surface area contributed by atoms with Crippen molar-refractivity contribution < 1.29 is 5.11 Å². The molecule has 3 nitrogen and oxygen atoms in total. The number of hydrogen-bond acceptors (Lipinski definition) is 3. The molecule has 4 heteroatoms. The van der Waals surface area contributed by atoms with Crippen LogP contribution in [0.1, 0.15) is 0 Å². The normalized spacial score (nSPS) is 7.50. The summed E-state index contributed by atoms with van der Waals surface area (Å²) in [6, 6.07) is 6.46. The molecule has 0 aromatic heterocycles. The molecular weight excluding hydrogens is 152 g/mol. The minimum absolute atomic E-state index is 0.206. The van der Waals surface area contributed by atoms with Crippen LogP contribution in [0.5, 0.6) is 5.75 Å². The predicted molar refractivity (Wildman–Crippen MR) is 36.6 cm³/mol. The lowest BCUT2D eigenvalue weighted by Gasteiger charge is -1.88. The van der Waals surface area contributed by atoms with Crippen LogP contribution < -0.4 is 0 Å². The summed E-state index contributed by atoms with van der Waals surface area (Å²) < 4.78 is 0. The second kappa shape index (κ2) is 4.59. The highest BCUT2D eigenvalue weighted by atomic mass is 35.5. The van der Waals surface area contributed by atoms with Crippen molar-refractivity contribution in [3.63, 3.8) is 0 Å². The first-order chi connectivity index (χ1) is 4.79. The van der Waals surface area contributed by atoms with Gasteiger partial charge in [0, 0.05) is 15.8 Å². The molecule has 0 spiro atoms. The van der Waals surface area contributed by atoms with Crippen LogP contribution in [0.3, 0.4) is 0 Å². The summed E-state index contributed by atoms with van der Waals surface area (Å²) in [4.78, 5) is 0. The molecule has 0 saturated carbocycles. The van der Waals surface area contributed by atoms with Crippen LogP contribution in [0, 0.1) is 10.8 Å². The molecule has 0 saturated heterocycles. The Labute approximate surface area is 63.3 Å². The Morgan fingerprint density at radius 1 is 1.30 bits per heavy atom. The van der Waals surface area contributed by atoms with Crippen molar-refractivity contribution in [3.05, 3.63) is 29.3 Å². The van der Waals surface area contributed by atoms with Crippen LogP contribution >= 0.6 is 11.6 Å². The van der Waals surface area contributed by atoms with E-state index in [1.165, 1.54) is 6.07 Å². The summed E-state index contributed by atoms with van der Waals surface area (Å²) in [5.74, 6) is 0.206. The molecule has 1 aromatic carbocycles. The van der Waals surface area contributed by atoms with Crippen molar-refractivity contribution in [2.75, 3.05) is 0 Å². The third-order valence-electron chi connectivity index (χ3n) is 0.808. The number of phenols is 1. The van der Waals surface area contributed by atoms with E-state index in [1.807, 2.05) is 0 Å². The average Bonchev–Trinajstić information content (AvgIpc) is 1.91. The zero-order chi connectivity index (χ0) is 7.98. The molecule has 0 bridgehead atoms. The van der Waals surface area contributed by atoms with E-state index in [9.17, 15) is 0 Å². The van der Waals surface area contributed by atoms with Crippen LogP contribution in [0.2, 0.25) is 5.02 Å². The number of phenolic OH excluding ortho intramolecular Hbond substituents is 1. The summed E-state index contributed by atoms with van der Waals surface area (Å²) in [5, 5.41) is 21.3. The van der Waals surface area contributed by atoms with Crippen molar-refractivity contribution >= 4 is 11.6 Å². The molecule has 52 valence electrons. The van der Waals surface area contributed by atoms with Crippen LogP contribution in [0.25, 0.3) is 0 Å². The van der Waals surface area contributed by atoms with Gasteiger partial charge < -0.3 is 5.11 Å². The summed E-state index contributed by atoms with van der Waals surface area (Å²) in [5.41, 5.74) is 0. The third-order valence-corrected chi connectivity index (χ3v) is 1.04. The molecule has 0 amide bonds. The van der Waals surface area contributed by atoms with Gasteiger partial charge in [-0.05, 0) is 18.2 Å². The minimum atomic E-state index is 0.206. The maximum atomic E-state index is 8.73. The maximum Gasteiger partial charge on any atom is 0.117 e. The SMILES string of the molecule is N#N.Oc1cccc(Cl)c1. The molecule has 0 fully saturated rings. The highest BCUT2D eigenvalue weighted by molar-refractivity contribution is 6.30. The maximum absolute atomic E-state index is 8.73. The molecule has 1 rings (SSSR count). The van der Waals surface area contributed by atoms with E-state index < -0.39 is 0 Å². The Hall–Kier alpha value is -1.27. The number of halogens is 1. The molecular formula is C6H5ClN2O. The van der Waals surface area contributed by atoms with Gasteiger partial charge in [0.05, 0.1) is 0 Å². The molecule has 0 aliphatic carbocycles. The van der Waals surface area contributed by atoms with Gasteiger partial charge >= 0.3 is 0 Å². The second-order valence-electron chi connectivity index (χ2n) is 1.48. The van der Waals surface area contributed by atoms with E-state index in [0.717, 1.165) is 0 Å². The molecule has 0 aliphatic rings. The van der Waals surface area contributed by atoms with Gasteiger partial charge in [0.2, 0.25) is 0 Å². The average molecular weight is 157 g/mol. The smallest absolute Gasteiger partial charge is 0.117 e. The molecule has 0 unspecified atom stereocenters. The standard InChI is InChI=1S/C6H5ClO.N2/c7-5-2-1-3-6(8)4-5;1-2/h1-4,8H;. The Kier molecular flexibility index (Phi) is 4.01. The lowest BCUT2D eigenvalue weighted by molar-refractivity contribution is 0.475. The number of aromatic hydroxyl groups is 1. The van der Waals surface area contributed by atoms with Crippen LogP contribution in [0.4, 0.5) is 0 Å². The molecule has 0 heterocycles. The summed E-state index contributed by atoms with van der Waals surface area (Å²) in [6.07, 6.45) is 0. The van der Waals surface area contributed by atoms with E-state index in [0.29, 0.717) is 5.02 Å². The predicted octanol–water partition coefficient (Wildman–Crippen LogP) is 2.08. The fourth-order valence-electron chi connectivity index (χ4n) is 0.476. The van der Waals surface area contributed by atoms with Gasteiger partial charge in [0.1, 0.15) is 5.75 Å². The molecule has 1 N–H and O–H groups in total. The monoisotopic (exact) mass is 156 g/mol. The largest absolute Gasteiger partial charge is 0.508 e. The highest BCUT2D eigenvalue weighted by Crippen LogP contribution is 2.14. The highest BCUT2D eigenvalue weighted by Gasteiger charge is 1.85. The van der Waals surface area contributed by atoms with E-state index >= 15 is 0 Å². The van der Waals surface area contributed by atoms with Gasteiger partial charge in [0.15, 0.2) is 0 Å². The Balaban J connectivity index is 0.000000371. The fourth-order valence-corrected chi connectivity index (χ4v) is 0.661. The van der Waals surface area contributed by atoms with Crippen molar-refractivity contribution in [3.8, 4) is 5.75 Å². The molecule has 0 radical (unpaired) electrons. The van der Waals surface area contributed by atoms with Crippen LogP contribution in [-0.2, 0) is 0 Å². The zero-order valence-electron chi connectivity index (χ0n) is 5.03. The summed E-state index contributed by atoms with van der Waals surface area (Å²) in [6.45, 7) is 0. The molecule has 0 atom stereocenters. The quantitative estimate of drug-likeness (QED) is 0.585. The minimum Gasteiger partial charge on any atom is -0.508 e. The molecule has 0 aliphatic heterocycles. The lowest BCUT2D eigenvalue weighted by atomic mass is 10.3. The van der Waals surface area contributed by atoms with E-state index in [1.54, 1.807) is 18.2 Å². The Morgan fingerprint density at radius 3 is 2.20 bits per heavy atom. The number of rotatable bonds is 0. The first-order valence-electron chi connectivity index (χ1n) is 2.43. The fraction of sp³-hybridized carbons (Fsp3) is 0. The Bertz CT molecular complexity index is 207. The van der Waals surface area contributed by atoms with E-state index in [-0.39, 0.29) is 5.75 Å². The zero-order valence-corrected chi connectivity index (χ0v) is 5.78. The van der Waals surface area contributed by atoms with Crippen LogP contribution in [0.15, 0.2) is 24.3 Å². The Morgan fingerprint density at radius 2 is 1.90 bits per heavy atom. The first-order valence-corrected chi connectivity index (χ1v) is 2.81. The molecule has 1 aromatic rings. The van der Waals surface area contributed by atoms with Gasteiger partial charge in [-0.15, -0.1) is 0 Å². The number of nitrogens with zero attached hydrogens (tertiary/aromatic N) is 2. The second-order valence-corrected chi connectivity index (χ2v) is 1.92. The number of benzene rings is 1. The topological polar surface area (TPSA) is 67.8 Å². The molecule has 10 heavy (non-hydrogen) atoms. The van der Waals surface area contributed by atoms with Crippen LogP contribution in [-0.4, -0.2) is 5.11 Å². The third kappa shape index (κ3) is 2.90. The lowest BCUT2D eigenvalue weighted by Crippen LogP contribution is -1.61. The van der Waals surface area contributed by atoms with Gasteiger partial charge in [-0.2, -0.15) is 0 Å². The van der Waals surface area contributed by atoms with Gasteiger partial charge in [-0.25, -0.2) is 0 Å². The summed E-state index contributed by atoms with van der Waals surface area (Å²) in [7, 11) is 0.